The summed E-state index contributed by atoms with van der Waals surface area (Å²) in [7, 11) is -3.97. The lowest BCUT2D eigenvalue weighted by atomic mass is 10.4. The molecule has 0 saturated carbocycles. The molecule has 5 nitrogen and oxygen atoms in total. The van der Waals surface area contributed by atoms with Crippen molar-refractivity contribution >= 4 is 55.4 Å². The van der Waals surface area contributed by atoms with Gasteiger partial charge in [-0.2, -0.15) is 5.26 Å². The smallest absolute Gasteiger partial charge is 0.216 e. The third-order valence-corrected chi connectivity index (χ3v) is 6.01. The molecule has 2 heterocycles. The van der Waals surface area contributed by atoms with Gasteiger partial charge in [-0.25, -0.2) is 13.4 Å². The van der Waals surface area contributed by atoms with E-state index in [0.717, 1.165) is 0 Å². The van der Waals surface area contributed by atoms with Crippen molar-refractivity contribution in [3.8, 4) is 6.07 Å². The number of aromatic nitrogens is 2. The van der Waals surface area contributed by atoms with Crippen molar-refractivity contribution in [3.05, 3.63) is 56.6 Å². The number of thiazole rings is 1. The average molecular weight is 384 g/mol. The van der Waals surface area contributed by atoms with Gasteiger partial charge in [-0.1, -0.05) is 23.2 Å². The number of imidazole rings is 1. The predicted octanol–water partition coefficient (Wildman–Crippen LogP) is 4.04. The van der Waals surface area contributed by atoms with Gasteiger partial charge in [0.25, 0.3) is 0 Å². The van der Waals surface area contributed by atoms with Crippen molar-refractivity contribution in [1.29, 1.82) is 5.26 Å². The van der Waals surface area contributed by atoms with Crippen LogP contribution in [0, 0.1) is 11.3 Å². The van der Waals surface area contributed by atoms with Crippen molar-refractivity contribution in [3.63, 3.8) is 0 Å². The summed E-state index contributed by atoms with van der Waals surface area (Å²) < 4.78 is 26.8. The van der Waals surface area contributed by atoms with Gasteiger partial charge in [-0.05, 0) is 30.3 Å². The Morgan fingerprint density at radius 1 is 1.30 bits per heavy atom. The molecule has 116 valence electrons. The monoisotopic (exact) mass is 383 g/mol. The SMILES string of the molecule is N#CC(=Cc1c(Cl)nc2sccn12)S(=O)(=O)c1ccc(Cl)cc1. The highest BCUT2D eigenvalue weighted by Gasteiger charge is 2.22. The van der Waals surface area contributed by atoms with Gasteiger partial charge in [0.05, 0.1) is 10.6 Å². The third-order valence-electron chi connectivity index (χ3n) is 3.05. The molecule has 2 aromatic heterocycles. The van der Waals surface area contributed by atoms with Crippen LogP contribution in [0.1, 0.15) is 5.69 Å². The van der Waals surface area contributed by atoms with Crippen LogP contribution in [0.25, 0.3) is 11.0 Å². The molecular formula is C14H7Cl2N3O2S2. The number of hydrogen-bond donors (Lipinski definition) is 0. The van der Waals surface area contributed by atoms with Crippen molar-refractivity contribution in [2.75, 3.05) is 0 Å². The number of nitriles is 1. The Labute approximate surface area is 145 Å². The first-order valence-electron chi connectivity index (χ1n) is 6.17. The van der Waals surface area contributed by atoms with Crippen molar-refractivity contribution in [1.82, 2.24) is 9.38 Å². The topological polar surface area (TPSA) is 75.2 Å². The zero-order valence-electron chi connectivity index (χ0n) is 11.3. The summed E-state index contributed by atoms with van der Waals surface area (Å²) in [6.07, 6.45) is 2.92. The molecule has 0 atom stereocenters. The van der Waals surface area contributed by atoms with Crippen molar-refractivity contribution in [2.24, 2.45) is 0 Å². The maximum absolute atomic E-state index is 12.6. The van der Waals surface area contributed by atoms with Crippen LogP contribution >= 0.6 is 34.5 Å². The van der Waals surface area contributed by atoms with Crippen LogP contribution in [0.2, 0.25) is 10.2 Å². The Hall–Kier alpha value is -1.85. The quantitative estimate of drug-likeness (QED) is 0.639. The van der Waals surface area contributed by atoms with Crippen LogP contribution in [-0.2, 0) is 9.84 Å². The zero-order valence-corrected chi connectivity index (χ0v) is 14.4. The minimum Gasteiger partial charge on any atom is -0.289 e. The fourth-order valence-electron chi connectivity index (χ4n) is 1.94. The van der Waals surface area contributed by atoms with Gasteiger partial charge in [-0.15, -0.1) is 11.3 Å². The number of rotatable bonds is 3. The standard InChI is InChI=1S/C14H7Cl2N3O2S2/c15-9-1-3-10(4-2-9)23(20,21)11(8-17)7-12-13(16)18-14-19(12)5-6-22-14/h1-7H. The first-order chi connectivity index (χ1) is 10.9. The number of allylic oxidation sites excluding steroid dienone is 1. The molecule has 0 unspecified atom stereocenters. The van der Waals surface area contributed by atoms with E-state index in [4.69, 9.17) is 23.2 Å². The van der Waals surface area contributed by atoms with Gasteiger partial charge in [0.15, 0.2) is 15.0 Å². The van der Waals surface area contributed by atoms with E-state index >= 15 is 0 Å². The van der Waals surface area contributed by atoms with E-state index in [1.807, 2.05) is 0 Å². The summed E-state index contributed by atoms with van der Waals surface area (Å²) in [5.41, 5.74) is 0.344. The molecule has 0 aliphatic rings. The largest absolute Gasteiger partial charge is 0.289 e. The molecule has 0 amide bonds. The number of halogens is 2. The number of sulfone groups is 1. The highest BCUT2D eigenvalue weighted by atomic mass is 35.5. The lowest BCUT2D eigenvalue weighted by molar-refractivity contribution is 0.603. The van der Waals surface area contributed by atoms with E-state index in [-0.39, 0.29) is 10.0 Å². The number of fused-ring (bicyclic) bond motifs is 1. The van der Waals surface area contributed by atoms with Crippen LogP contribution in [0.15, 0.2) is 45.6 Å². The second-order valence-corrected chi connectivity index (χ2v) is 8.01. The number of hydrogen-bond acceptors (Lipinski definition) is 5. The maximum Gasteiger partial charge on any atom is 0.216 e. The lowest BCUT2D eigenvalue weighted by Crippen LogP contribution is -2.03. The van der Waals surface area contributed by atoms with E-state index < -0.39 is 14.7 Å². The van der Waals surface area contributed by atoms with Gasteiger partial charge >= 0.3 is 0 Å². The van der Waals surface area contributed by atoms with E-state index in [2.05, 4.69) is 4.98 Å². The number of benzene rings is 1. The van der Waals surface area contributed by atoms with Crippen LogP contribution in [0.5, 0.6) is 0 Å². The Kier molecular flexibility index (Phi) is 4.17. The van der Waals surface area contributed by atoms with E-state index in [9.17, 15) is 13.7 Å². The maximum atomic E-state index is 12.6. The second kappa shape index (κ2) is 5.98. The molecule has 9 heteroatoms. The Morgan fingerprint density at radius 2 is 2.00 bits per heavy atom. The molecule has 23 heavy (non-hydrogen) atoms. The Morgan fingerprint density at radius 3 is 2.65 bits per heavy atom. The molecule has 1 aromatic carbocycles. The molecule has 0 N–H and O–H groups in total. The third kappa shape index (κ3) is 2.86. The summed E-state index contributed by atoms with van der Waals surface area (Å²) in [6.45, 7) is 0. The van der Waals surface area contributed by atoms with Crippen molar-refractivity contribution < 1.29 is 8.42 Å². The number of nitrogens with zero attached hydrogens (tertiary/aromatic N) is 3. The Bertz CT molecular complexity index is 1060. The van der Waals surface area contributed by atoms with Crippen molar-refractivity contribution in [2.45, 2.75) is 4.90 Å². The molecule has 0 fully saturated rings. The van der Waals surface area contributed by atoms with Crippen LogP contribution in [0.4, 0.5) is 0 Å². The van der Waals surface area contributed by atoms with Crippen LogP contribution < -0.4 is 0 Å². The van der Waals surface area contributed by atoms with Crippen LogP contribution in [0.3, 0.4) is 0 Å². The first-order valence-corrected chi connectivity index (χ1v) is 9.29. The molecule has 3 rings (SSSR count). The highest BCUT2D eigenvalue weighted by molar-refractivity contribution is 7.95. The van der Waals surface area contributed by atoms with E-state index in [0.29, 0.717) is 15.7 Å². The molecule has 0 saturated heterocycles. The van der Waals surface area contributed by atoms with Gasteiger partial charge < -0.3 is 0 Å². The lowest BCUT2D eigenvalue weighted by Gasteiger charge is -2.03. The highest BCUT2D eigenvalue weighted by Crippen LogP contribution is 2.27. The second-order valence-electron chi connectivity index (χ2n) is 4.42. The van der Waals surface area contributed by atoms with E-state index in [1.165, 1.54) is 41.7 Å². The normalized spacial score (nSPS) is 12.5. The van der Waals surface area contributed by atoms with E-state index in [1.54, 1.807) is 22.0 Å². The molecule has 0 bridgehead atoms. The minimum absolute atomic E-state index is 0.0168. The minimum atomic E-state index is -3.97. The average Bonchev–Trinajstić information content (AvgIpc) is 3.06. The van der Waals surface area contributed by atoms with Crippen LogP contribution in [-0.4, -0.2) is 17.8 Å². The van der Waals surface area contributed by atoms with Gasteiger partial charge in [0, 0.05) is 16.6 Å². The molecule has 0 aliphatic heterocycles. The fraction of sp³-hybridized carbons (Fsp3) is 0. The van der Waals surface area contributed by atoms with Gasteiger partial charge in [-0.3, -0.25) is 4.40 Å². The summed E-state index contributed by atoms with van der Waals surface area (Å²) >= 11 is 13.2. The zero-order chi connectivity index (χ0) is 16.6. The first kappa shape index (κ1) is 16.0. The van der Waals surface area contributed by atoms with Gasteiger partial charge in [0.1, 0.15) is 6.07 Å². The summed E-state index contributed by atoms with van der Waals surface area (Å²) in [5, 5.41) is 11.6. The summed E-state index contributed by atoms with van der Waals surface area (Å²) in [5.74, 6) is 0. The predicted molar refractivity (Wildman–Crippen MR) is 90.3 cm³/mol. The van der Waals surface area contributed by atoms with Gasteiger partial charge in [0.2, 0.25) is 9.84 Å². The fourth-order valence-corrected chi connectivity index (χ4v) is 4.20. The molecule has 3 aromatic rings. The summed E-state index contributed by atoms with van der Waals surface area (Å²) in [6, 6.07) is 7.32. The molecule has 0 radical (unpaired) electrons. The molecule has 0 spiro atoms. The molecule has 0 aliphatic carbocycles. The summed E-state index contributed by atoms with van der Waals surface area (Å²) in [4.78, 5) is 4.28. The molecular weight excluding hydrogens is 377 g/mol. The Balaban J connectivity index is 2.16.